The molecule has 1 unspecified atom stereocenters. The van der Waals surface area contributed by atoms with Gasteiger partial charge in [-0.25, -0.2) is 26.3 Å². The Labute approximate surface area is 292 Å². The summed E-state index contributed by atoms with van der Waals surface area (Å²) in [6.07, 6.45) is -10.4. The Hall–Kier alpha value is -5.89. The van der Waals surface area contributed by atoms with E-state index < -0.39 is 116 Å². The number of carbonyl (C=O) groups excluding carboxylic acids is 1. The fraction of sp³-hybridized carbons (Fsp3) is 0.206. The Bertz CT molecular complexity index is 2260. The van der Waals surface area contributed by atoms with Crippen molar-refractivity contribution in [3.8, 4) is 35.1 Å². The maximum Gasteiger partial charge on any atom is 0.376 e. The van der Waals surface area contributed by atoms with Gasteiger partial charge in [-0.3, -0.25) is 4.79 Å². The van der Waals surface area contributed by atoms with Gasteiger partial charge in [-0.15, -0.1) is 0 Å². The van der Waals surface area contributed by atoms with Crippen LogP contribution in [-0.4, -0.2) is 22.7 Å². The molecule has 0 amide bonds. The van der Waals surface area contributed by atoms with Gasteiger partial charge in [0.05, 0.1) is 34.4 Å². The second kappa shape index (κ2) is 13.5. The van der Waals surface area contributed by atoms with Crippen molar-refractivity contribution in [1.29, 1.82) is 10.5 Å². The minimum atomic E-state index is -5.19. The highest BCUT2D eigenvalue weighted by atomic mass is 19.3. The van der Waals surface area contributed by atoms with Crippen LogP contribution in [0.1, 0.15) is 68.3 Å². The average molecular weight is 780 g/mol. The first-order chi connectivity index (χ1) is 25.0. The lowest BCUT2D eigenvalue weighted by Gasteiger charge is -2.21. The maximum atomic E-state index is 13.8. The number of Topliss-reactive ketones (excluding diaryl/α,β-unsaturated/α-hetero) is 1. The highest BCUT2D eigenvalue weighted by Crippen LogP contribution is 2.60. The molecule has 0 bridgehead atoms. The SMILES string of the molecule is N#Cc1cc(F)cc(Oc2ccc3c(c2C(F)F)C(=O)C(F)(F)C3(F)F)c1.N#Cc1cc(F)cc(Oc2ccc3c(c2C(F)F)C(O)C(F)(F)C3(F)F)c1. The van der Waals surface area contributed by atoms with Crippen LogP contribution in [0.2, 0.25) is 0 Å². The predicted octanol–water partition coefficient (Wildman–Crippen LogP) is 10.6. The smallest absolute Gasteiger partial charge is 0.376 e. The summed E-state index contributed by atoms with van der Waals surface area (Å²) in [5.74, 6) is -27.0. The molecule has 54 heavy (non-hydrogen) atoms. The third-order valence-electron chi connectivity index (χ3n) is 7.96. The van der Waals surface area contributed by atoms with Crippen LogP contribution in [0.25, 0.3) is 0 Å². The van der Waals surface area contributed by atoms with Crippen LogP contribution in [-0.2, 0) is 11.8 Å². The molecule has 282 valence electrons. The fourth-order valence-corrected chi connectivity index (χ4v) is 5.54. The van der Waals surface area contributed by atoms with Crippen molar-refractivity contribution in [2.24, 2.45) is 0 Å². The summed E-state index contributed by atoms with van der Waals surface area (Å²) in [5, 5.41) is 27.1. The molecule has 0 spiro atoms. The van der Waals surface area contributed by atoms with Gasteiger partial charge in [0.2, 0.25) is 5.78 Å². The predicted molar refractivity (Wildman–Crippen MR) is 152 cm³/mol. The number of halogens is 14. The van der Waals surface area contributed by atoms with E-state index in [4.69, 9.17) is 20.0 Å². The van der Waals surface area contributed by atoms with Crippen LogP contribution in [0.3, 0.4) is 0 Å². The standard InChI is InChI=1S/C17H8F7NO2.C17H6F7NO2/c2*18-8-3-7(6-25)4-9(5-8)27-11-2-1-10-12(13(11)15(19)20)14(26)17(23,24)16(10,21)22/h1-5,14-15,26H;1-5,15H. The molecule has 20 heteroatoms. The number of carbonyl (C=O) groups is 1. The van der Waals surface area contributed by atoms with E-state index in [9.17, 15) is 71.4 Å². The van der Waals surface area contributed by atoms with Crippen molar-refractivity contribution in [1.82, 2.24) is 0 Å². The van der Waals surface area contributed by atoms with Crippen molar-refractivity contribution in [2.45, 2.75) is 42.6 Å². The molecule has 4 aromatic carbocycles. The molecule has 0 heterocycles. The summed E-state index contributed by atoms with van der Waals surface area (Å²) in [4.78, 5) is 11.7. The molecule has 0 aliphatic heterocycles. The van der Waals surface area contributed by atoms with Gasteiger partial charge in [0.1, 0.15) is 34.6 Å². The third kappa shape index (κ3) is 6.29. The molecule has 0 aromatic heterocycles. The Morgan fingerprint density at radius 3 is 1.52 bits per heavy atom. The van der Waals surface area contributed by atoms with E-state index in [0.717, 1.165) is 30.3 Å². The summed E-state index contributed by atoms with van der Waals surface area (Å²) < 4.78 is 201. The molecule has 0 fully saturated rings. The monoisotopic (exact) mass is 780 g/mol. The van der Waals surface area contributed by atoms with Crippen molar-refractivity contribution >= 4 is 5.78 Å². The van der Waals surface area contributed by atoms with Crippen LogP contribution < -0.4 is 9.47 Å². The molecule has 1 atom stereocenters. The lowest BCUT2D eigenvalue weighted by Crippen LogP contribution is -2.38. The first-order valence-corrected chi connectivity index (χ1v) is 14.4. The van der Waals surface area contributed by atoms with Gasteiger partial charge in [0.25, 0.3) is 12.9 Å². The number of aliphatic hydroxyl groups is 1. The molecular weight excluding hydrogens is 766 g/mol. The summed E-state index contributed by atoms with van der Waals surface area (Å²) in [5.41, 5.74) is -9.14. The second-order valence-corrected chi connectivity index (χ2v) is 11.3. The summed E-state index contributed by atoms with van der Waals surface area (Å²) in [6, 6.07) is 10.1. The van der Waals surface area contributed by atoms with E-state index in [1.165, 1.54) is 0 Å². The normalized spacial score (nSPS) is 18.3. The molecule has 2 aliphatic carbocycles. The Kier molecular flexibility index (Phi) is 9.84. The van der Waals surface area contributed by atoms with E-state index in [2.05, 4.69) is 0 Å². The van der Waals surface area contributed by atoms with E-state index in [1.54, 1.807) is 12.1 Å². The Morgan fingerprint density at radius 2 is 1.07 bits per heavy atom. The van der Waals surface area contributed by atoms with E-state index in [1.807, 2.05) is 0 Å². The number of alkyl halides is 12. The number of fused-ring (bicyclic) bond motifs is 2. The number of nitrogens with zero attached hydrogens (tertiary/aromatic N) is 2. The molecule has 0 saturated heterocycles. The van der Waals surface area contributed by atoms with Gasteiger partial charge in [0, 0.05) is 34.4 Å². The lowest BCUT2D eigenvalue weighted by atomic mass is 10.0. The van der Waals surface area contributed by atoms with Gasteiger partial charge >= 0.3 is 23.7 Å². The minimum Gasteiger partial charge on any atom is -0.457 e. The van der Waals surface area contributed by atoms with Crippen LogP contribution in [0.15, 0.2) is 60.7 Å². The first-order valence-electron chi connectivity index (χ1n) is 14.4. The van der Waals surface area contributed by atoms with Crippen molar-refractivity contribution in [2.75, 3.05) is 0 Å². The Morgan fingerprint density at radius 1 is 0.630 bits per heavy atom. The lowest BCUT2D eigenvalue weighted by molar-refractivity contribution is -0.246. The molecule has 6 nitrogen and oxygen atoms in total. The number of hydrogen-bond donors (Lipinski definition) is 1. The van der Waals surface area contributed by atoms with Gasteiger partial charge in [-0.1, -0.05) is 0 Å². The van der Waals surface area contributed by atoms with E-state index in [0.29, 0.717) is 30.3 Å². The molecule has 6 rings (SSSR count). The van der Waals surface area contributed by atoms with Gasteiger partial charge < -0.3 is 14.6 Å². The van der Waals surface area contributed by atoms with Crippen LogP contribution in [0, 0.1) is 34.3 Å². The number of aliphatic hydroxyl groups excluding tert-OH is 1. The zero-order chi connectivity index (χ0) is 40.3. The summed E-state index contributed by atoms with van der Waals surface area (Å²) >= 11 is 0. The minimum absolute atomic E-state index is 0.220. The molecule has 0 radical (unpaired) electrons. The molecule has 4 aromatic rings. The zero-order valence-corrected chi connectivity index (χ0v) is 25.9. The molecule has 0 saturated carbocycles. The van der Waals surface area contributed by atoms with Gasteiger partial charge in [-0.05, 0) is 48.5 Å². The zero-order valence-electron chi connectivity index (χ0n) is 25.9. The quantitative estimate of drug-likeness (QED) is 0.196. The highest BCUT2D eigenvalue weighted by Gasteiger charge is 2.71. The van der Waals surface area contributed by atoms with Crippen molar-refractivity contribution < 1.29 is 80.8 Å². The summed E-state index contributed by atoms with van der Waals surface area (Å²) in [7, 11) is 0. The van der Waals surface area contributed by atoms with Gasteiger partial charge in [-0.2, -0.15) is 45.6 Å². The molecule has 1 N–H and O–H groups in total. The number of nitriles is 2. The number of ether oxygens (including phenoxy) is 2. The van der Waals surface area contributed by atoms with Crippen LogP contribution in [0.5, 0.6) is 23.0 Å². The van der Waals surface area contributed by atoms with Crippen molar-refractivity contribution in [3.63, 3.8) is 0 Å². The van der Waals surface area contributed by atoms with Crippen LogP contribution in [0.4, 0.5) is 61.5 Å². The summed E-state index contributed by atoms with van der Waals surface area (Å²) in [6.45, 7) is 0. The van der Waals surface area contributed by atoms with Crippen molar-refractivity contribution in [3.05, 3.63) is 117 Å². The van der Waals surface area contributed by atoms with Gasteiger partial charge in [0.15, 0.2) is 6.10 Å². The Balaban J connectivity index is 0.000000208. The first kappa shape index (κ1) is 39.3. The number of ketones is 1. The second-order valence-electron chi connectivity index (χ2n) is 11.3. The topological polar surface area (TPSA) is 103 Å². The third-order valence-corrected chi connectivity index (χ3v) is 7.96. The van der Waals surface area contributed by atoms with Crippen LogP contribution >= 0.6 is 0 Å². The number of benzene rings is 4. The molecular formula is C34H14F14N2O4. The molecule has 2 aliphatic rings. The van der Waals surface area contributed by atoms with E-state index in [-0.39, 0.29) is 11.1 Å². The largest absolute Gasteiger partial charge is 0.457 e. The highest BCUT2D eigenvalue weighted by molar-refractivity contribution is 6.08. The maximum absolute atomic E-state index is 13.8. The average Bonchev–Trinajstić information content (AvgIpc) is 3.31. The van der Waals surface area contributed by atoms with E-state index >= 15 is 0 Å². The number of rotatable bonds is 6. The fourth-order valence-electron chi connectivity index (χ4n) is 5.54. The number of hydrogen-bond acceptors (Lipinski definition) is 6.